The predicted molar refractivity (Wildman–Crippen MR) is 25.5 cm³/mol. The quantitative estimate of drug-likeness (QED) is 0.363. The second-order valence-electron chi connectivity index (χ2n) is 1.06. The van der Waals surface area contributed by atoms with Gasteiger partial charge < -0.3 is 0 Å². The predicted octanol–water partition coefficient (Wildman–Crippen LogP) is 1.15. The van der Waals surface area contributed by atoms with Gasteiger partial charge in [-0.25, -0.2) is 0 Å². The first-order chi connectivity index (χ1) is 3.18. The zero-order chi connectivity index (χ0) is 5.86. The van der Waals surface area contributed by atoms with Crippen molar-refractivity contribution < 1.29 is 6.17 Å². The third-order valence-electron chi connectivity index (χ3n) is 0.571. The molecule has 0 rings (SSSR count). The maximum atomic E-state index is 9.94. The fourth-order valence-electron chi connectivity index (χ4n) is 0.0722. The van der Waals surface area contributed by atoms with Gasteiger partial charge in [-0.05, 0) is 12.0 Å². The summed E-state index contributed by atoms with van der Waals surface area (Å²) in [5.41, 5.74) is 0.375. The van der Waals surface area contributed by atoms with Gasteiger partial charge in [0.15, 0.2) is 0 Å². The van der Waals surface area contributed by atoms with E-state index in [2.05, 4.69) is 6.58 Å². The van der Waals surface area contributed by atoms with Crippen molar-refractivity contribution in [1.82, 2.24) is 0 Å². The topological polar surface area (TPSA) is 17.1 Å². The number of aldehydes is 1. The van der Waals surface area contributed by atoms with Crippen molar-refractivity contribution in [2.45, 2.75) is 13.3 Å². The van der Waals surface area contributed by atoms with E-state index in [-0.39, 0.29) is 0 Å². The molecule has 34 valence electrons. The van der Waals surface area contributed by atoms with Crippen LogP contribution in [-0.4, -0.2) is 6.26 Å². The van der Waals surface area contributed by atoms with E-state index < -0.39 is 6.26 Å². The number of carbonyl (C=O) groups excluding carboxylic acids is 1. The van der Waals surface area contributed by atoms with Crippen LogP contribution in [0.1, 0.15) is 14.7 Å². The highest BCUT2D eigenvalue weighted by atomic mass is 16.1. The average molecular weight is 85.1 g/mol. The number of carbonyl (C=O) groups is 1. The van der Waals surface area contributed by atoms with Crippen LogP contribution in [0.5, 0.6) is 0 Å². The summed E-state index contributed by atoms with van der Waals surface area (Å²) in [7, 11) is 0. The van der Waals surface area contributed by atoms with E-state index in [4.69, 9.17) is 1.37 Å². The van der Waals surface area contributed by atoms with E-state index in [1.54, 1.807) is 6.92 Å². The molecule has 0 fully saturated rings. The van der Waals surface area contributed by atoms with Crippen LogP contribution in [0.3, 0.4) is 0 Å². The average Bonchev–Trinajstić information content (AvgIpc) is 1.65. The molecule has 0 aromatic carbocycles. The van der Waals surface area contributed by atoms with Crippen molar-refractivity contribution in [2.24, 2.45) is 0 Å². The Morgan fingerprint density at radius 1 is 2.33 bits per heavy atom. The molecule has 0 aliphatic heterocycles. The smallest absolute Gasteiger partial charge is 0.145 e. The highest BCUT2D eigenvalue weighted by Crippen LogP contribution is 1.86. The molecule has 0 aliphatic rings. The number of rotatable bonds is 2. The molecule has 0 bridgehead atoms. The molecule has 1 heteroatoms. The van der Waals surface area contributed by atoms with E-state index in [0.29, 0.717) is 12.0 Å². The lowest BCUT2D eigenvalue weighted by atomic mass is 10.3. The highest BCUT2D eigenvalue weighted by molar-refractivity contribution is 5.71. The molecule has 0 saturated heterocycles. The molecule has 0 aliphatic carbocycles. The minimum Gasteiger partial charge on any atom is -0.298 e. The minimum atomic E-state index is -0.650. The van der Waals surface area contributed by atoms with Gasteiger partial charge in [0.1, 0.15) is 7.63 Å². The van der Waals surface area contributed by atoms with Gasteiger partial charge in [-0.1, -0.05) is 13.5 Å². The Balaban J connectivity index is 3.58. The number of hydrogen-bond acceptors (Lipinski definition) is 1. The van der Waals surface area contributed by atoms with E-state index in [0.717, 1.165) is 0 Å². The molecule has 6 heavy (non-hydrogen) atoms. The standard InChI is InChI=1S/C5H8O/c1-3-5(2)4-6/h4H,2-3H2,1H3/i4D. The van der Waals surface area contributed by atoms with Crippen molar-refractivity contribution >= 4 is 6.26 Å². The molecule has 1 nitrogen and oxygen atoms in total. The summed E-state index contributed by atoms with van der Waals surface area (Å²) in [4.78, 5) is 9.94. The lowest BCUT2D eigenvalue weighted by Crippen LogP contribution is -1.73. The molecule has 0 atom stereocenters. The third kappa shape index (κ3) is 1.70. The van der Waals surface area contributed by atoms with E-state index >= 15 is 0 Å². The Labute approximate surface area is 39.1 Å². The fraction of sp³-hybridized carbons (Fsp3) is 0.400. The lowest BCUT2D eigenvalue weighted by molar-refractivity contribution is -0.105. The number of hydrogen-bond donors (Lipinski definition) is 0. The second kappa shape index (κ2) is 2.64. The molecule has 0 saturated carbocycles. The first-order valence-electron chi connectivity index (χ1n) is 2.37. The van der Waals surface area contributed by atoms with Crippen LogP contribution in [0.2, 0.25) is 0 Å². The summed E-state index contributed by atoms with van der Waals surface area (Å²) in [6.45, 7) is 5.14. The van der Waals surface area contributed by atoms with Gasteiger partial charge in [-0.2, -0.15) is 0 Å². The first kappa shape index (κ1) is 3.59. The second-order valence-corrected chi connectivity index (χ2v) is 1.06. The van der Waals surface area contributed by atoms with Crippen LogP contribution < -0.4 is 0 Å². The summed E-state index contributed by atoms with van der Waals surface area (Å²) in [6, 6.07) is 0. The largest absolute Gasteiger partial charge is 0.298 e. The minimum absolute atomic E-state index is 0.375. The van der Waals surface area contributed by atoms with Crippen molar-refractivity contribution in [2.75, 3.05) is 0 Å². The first-order valence-corrected chi connectivity index (χ1v) is 1.87. The fourth-order valence-corrected chi connectivity index (χ4v) is 0.0722. The molecule has 0 amide bonds. The molecule has 0 unspecified atom stereocenters. The Morgan fingerprint density at radius 2 is 2.83 bits per heavy atom. The Bertz CT molecular complexity index is 96.3. The van der Waals surface area contributed by atoms with Gasteiger partial charge in [-0.3, -0.25) is 4.79 Å². The van der Waals surface area contributed by atoms with Gasteiger partial charge in [0.25, 0.3) is 0 Å². The normalized spacial score (nSPS) is 9.83. The highest BCUT2D eigenvalue weighted by Gasteiger charge is 1.77. The van der Waals surface area contributed by atoms with Crippen molar-refractivity contribution in [3.05, 3.63) is 12.2 Å². The molecule has 0 aromatic rings. The Kier molecular flexibility index (Phi) is 1.58. The molecule has 0 radical (unpaired) electrons. The van der Waals surface area contributed by atoms with Crippen LogP contribution >= 0.6 is 0 Å². The Morgan fingerprint density at radius 3 is 2.83 bits per heavy atom. The van der Waals surface area contributed by atoms with E-state index in [9.17, 15) is 4.79 Å². The monoisotopic (exact) mass is 85.1 g/mol. The van der Waals surface area contributed by atoms with Gasteiger partial charge in [0, 0.05) is 0 Å². The molecule has 0 aromatic heterocycles. The van der Waals surface area contributed by atoms with Gasteiger partial charge in [-0.15, -0.1) is 0 Å². The molecular weight excluding hydrogens is 76.1 g/mol. The van der Waals surface area contributed by atoms with Gasteiger partial charge >= 0.3 is 0 Å². The molecule has 0 spiro atoms. The lowest BCUT2D eigenvalue weighted by Gasteiger charge is -1.79. The number of allylic oxidation sites excluding steroid dienone is 1. The molecular formula is C5H8O. The van der Waals surface area contributed by atoms with Crippen LogP contribution in [0.25, 0.3) is 0 Å². The molecule has 0 heterocycles. The SMILES string of the molecule is [2H]C(=O)C(=C)CC. The van der Waals surface area contributed by atoms with Crippen molar-refractivity contribution in [3.8, 4) is 0 Å². The zero-order valence-corrected chi connectivity index (χ0v) is 3.82. The van der Waals surface area contributed by atoms with Crippen molar-refractivity contribution in [1.29, 1.82) is 0 Å². The zero-order valence-electron chi connectivity index (χ0n) is 4.82. The Hall–Kier alpha value is -0.590. The van der Waals surface area contributed by atoms with E-state index in [1.165, 1.54) is 0 Å². The summed E-state index contributed by atoms with van der Waals surface area (Å²) >= 11 is 0. The van der Waals surface area contributed by atoms with Gasteiger partial charge in [0.05, 0.1) is 0 Å². The maximum Gasteiger partial charge on any atom is 0.145 e. The van der Waals surface area contributed by atoms with Gasteiger partial charge in [0.2, 0.25) is 0 Å². The van der Waals surface area contributed by atoms with Crippen LogP contribution in [0.15, 0.2) is 12.2 Å². The summed E-state index contributed by atoms with van der Waals surface area (Å²) in [5, 5.41) is 0. The van der Waals surface area contributed by atoms with Crippen molar-refractivity contribution in [3.63, 3.8) is 0 Å². The third-order valence-corrected chi connectivity index (χ3v) is 0.571. The van der Waals surface area contributed by atoms with Crippen LogP contribution in [0, 0.1) is 0 Å². The summed E-state index contributed by atoms with van der Waals surface area (Å²) in [5.74, 6) is 0. The maximum absolute atomic E-state index is 9.94. The van der Waals surface area contributed by atoms with Crippen LogP contribution in [0.4, 0.5) is 0 Å². The van der Waals surface area contributed by atoms with Crippen LogP contribution in [-0.2, 0) is 4.79 Å². The summed E-state index contributed by atoms with van der Waals surface area (Å²) in [6.07, 6.45) is -0.0648. The summed E-state index contributed by atoms with van der Waals surface area (Å²) < 4.78 is 6.45. The van der Waals surface area contributed by atoms with E-state index in [1.807, 2.05) is 0 Å². The molecule has 0 N–H and O–H groups in total.